The number of aliphatic hydroxyl groups is 1. The summed E-state index contributed by atoms with van der Waals surface area (Å²) in [6, 6.07) is 14.4. The number of hydrogen-bond donors (Lipinski definition) is 1. The average Bonchev–Trinajstić information content (AvgIpc) is 3.15. The second-order valence-corrected chi connectivity index (χ2v) is 8.03. The quantitative estimate of drug-likeness (QED) is 0.510. The van der Waals surface area contributed by atoms with Gasteiger partial charge in [0.05, 0.1) is 13.2 Å². The maximum atomic E-state index is 9.14. The van der Waals surface area contributed by atoms with Crippen LogP contribution in [0.3, 0.4) is 0 Å². The number of hydrogen-bond acceptors (Lipinski definition) is 5. The van der Waals surface area contributed by atoms with Gasteiger partial charge in [-0.2, -0.15) is 0 Å². The Bertz CT molecular complexity index is 813. The number of anilines is 1. The summed E-state index contributed by atoms with van der Waals surface area (Å²) in [5.74, 6) is 1.40. The van der Waals surface area contributed by atoms with E-state index in [2.05, 4.69) is 48.1 Å². The number of ether oxygens (including phenoxy) is 1. The molecule has 1 N–H and O–H groups in total. The SMILES string of the molecule is C=NS/C(=C\CO)c1ccc(OCC2CCN(c3c(C)cccc3C)C2)cc1. The van der Waals surface area contributed by atoms with Crippen LogP contribution in [0.1, 0.15) is 23.1 Å². The van der Waals surface area contributed by atoms with Crippen LogP contribution in [0.15, 0.2) is 52.9 Å². The normalized spacial score (nSPS) is 17.0. The molecular weight excluding hydrogens is 368 g/mol. The Kier molecular flexibility index (Phi) is 7.18. The third-order valence-corrected chi connectivity index (χ3v) is 5.83. The van der Waals surface area contributed by atoms with Crippen LogP contribution in [-0.4, -0.2) is 38.1 Å². The monoisotopic (exact) mass is 396 g/mol. The predicted molar refractivity (Wildman–Crippen MR) is 120 cm³/mol. The van der Waals surface area contributed by atoms with E-state index in [1.165, 1.54) is 28.8 Å². The zero-order valence-electron chi connectivity index (χ0n) is 16.6. The number of rotatable bonds is 8. The van der Waals surface area contributed by atoms with Crippen molar-refractivity contribution in [1.82, 2.24) is 0 Å². The van der Waals surface area contributed by atoms with Crippen molar-refractivity contribution in [2.75, 3.05) is 31.2 Å². The molecule has 1 aliphatic heterocycles. The summed E-state index contributed by atoms with van der Waals surface area (Å²) in [4.78, 5) is 3.39. The Hall–Kier alpha value is -2.24. The maximum Gasteiger partial charge on any atom is 0.119 e. The Balaban J connectivity index is 1.56. The highest BCUT2D eigenvalue weighted by Crippen LogP contribution is 2.31. The van der Waals surface area contributed by atoms with Crippen molar-refractivity contribution in [1.29, 1.82) is 0 Å². The molecule has 5 heteroatoms. The van der Waals surface area contributed by atoms with Gasteiger partial charge in [0.1, 0.15) is 5.75 Å². The van der Waals surface area contributed by atoms with E-state index in [1.807, 2.05) is 24.3 Å². The Labute approximate surface area is 172 Å². The molecule has 2 aromatic rings. The highest BCUT2D eigenvalue weighted by atomic mass is 32.2. The largest absolute Gasteiger partial charge is 0.493 e. The topological polar surface area (TPSA) is 45.1 Å². The predicted octanol–water partition coefficient (Wildman–Crippen LogP) is 4.89. The van der Waals surface area contributed by atoms with Gasteiger partial charge < -0.3 is 14.7 Å². The van der Waals surface area contributed by atoms with E-state index in [4.69, 9.17) is 9.84 Å². The lowest BCUT2D eigenvalue weighted by atomic mass is 10.1. The van der Waals surface area contributed by atoms with Crippen molar-refractivity contribution in [3.63, 3.8) is 0 Å². The Morgan fingerprint density at radius 1 is 1.25 bits per heavy atom. The molecule has 28 heavy (non-hydrogen) atoms. The molecule has 1 heterocycles. The van der Waals surface area contributed by atoms with Gasteiger partial charge in [0, 0.05) is 41.5 Å². The highest BCUT2D eigenvalue weighted by Gasteiger charge is 2.25. The minimum Gasteiger partial charge on any atom is -0.493 e. The van der Waals surface area contributed by atoms with Crippen LogP contribution in [0.4, 0.5) is 5.69 Å². The highest BCUT2D eigenvalue weighted by molar-refractivity contribution is 8.07. The van der Waals surface area contributed by atoms with E-state index >= 15 is 0 Å². The average molecular weight is 397 g/mol. The van der Waals surface area contributed by atoms with Crippen LogP contribution in [0.25, 0.3) is 4.91 Å². The molecule has 1 fully saturated rings. The van der Waals surface area contributed by atoms with Crippen LogP contribution in [0.2, 0.25) is 0 Å². The second-order valence-electron chi connectivity index (χ2n) is 7.15. The number of aryl methyl sites for hydroxylation is 2. The molecule has 0 radical (unpaired) electrons. The number of nitrogens with zero attached hydrogens (tertiary/aromatic N) is 2. The van der Waals surface area contributed by atoms with Crippen molar-refractivity contribution in [2.24, 2.45) is 10.3 Å². The van der Waals surface area contributed by atoms with Crippen molar-refractivity contribution >= 4 is 29.3 Å². The van der Waals surface area contributed by atoms with E-state index in [1.54, 1.807) is 6.08 Å². The summed E-state index contributed by atoms with van der Waals surface area (Å²) in [5, 5.41) is 9.14. The van der Waals surface area contributed by atoms with Gasteiger partial charge in [-0.1, -0.05) is 30.3 Å². The van der Waals surface area contributed by atoms with Crippen LogP contribution < -0.4 is 9.64 Å². The van der Waals surface area contributed by atoms with Crippen LogP contribution in [0.5, 0.6) is 5.75 Å². The Morgan fingerprint density at radius 3 is 2.61 bits per heavy atom. The van der Waals surface area contributed by atoms with Crippen LogP contribution in [0, 0.1) is 19.8 Å². The summed E-state index contributed by atoms with van der Waals surface area (Å²) in [5.41, 5.74) is 5.07. The molecule has 148 valence electrons. The smallest absolute Gasteiger partial charge is 0.119 e. The third kappa shape index (κ3) is 4.97. The third-order valence-electron chi connectivity index (χ3n) is 5.11. The minimum atomic E-state index is -0.0192. The molecule has 0 saturated carbocycles. The molecule has 2 aromatic carbocycles. The number of aliphatic hydroxyl groups excluding tert-OH is 1. The van der Waals surface area contributed by atoms with Gasteiger partial charge in [-0.25, -0.2) is 4.40 Å². The lowest BCUT2D eigenvalue weighted by Gasteiger charge is -2.23. The standard InChI is InChI=1S/C23H28N2O2S/c1-17-5-4-6-18(2)23(17)25-13-11-19(15-25)16-27-21-9-7-20(8-10-21)22(12-14-26)28-24-3/h4-10,12,19,26H,3,11,13-16H2,1-2H3/b22-12-. The molecule has 3 rings (SSSR count). The maximum absolute atomic E-state index is 9.14. The molecule has 1 unspecified atom stereocenters. The van der Waals surface area contributed by atoms with Crippen molar-refractivity contribution < 1.29 is 9.84 Å². The molecule has 4 nitrogen and oxygen atoms in total. The summed E-state index contributed by atoms with van der Waals surface area (Å²) in [6.45, 7) is 10.7. The zero-order valence-corrected chi connectivity index (χ0v) is 17.4. The fraction of sp³-hybridized carbons (Fsp3) is 0.348. The Morgan fingerprint density at radius 2 is 1.96 bits per heavy atom. The first-order valence-corrected chi connectivity index (χ1v) is 10.4. The van der Waals surface area contributed by atoms with Gasteiger partial charge in [-0.15, -0.1) is 0 Å². The fourth-order valence-electron chi connectivity index (χ4n) is 3.77. The molecule has 1 atom stereocenters. The van der Waals surface area contributed by atoms with Crippen molar-refractivity contribution in [2.45, 2.75) is 20.3 Å². The number of para-hydroxylation sites is 1. The lowest BCUT2D eigenvalue weighted by Crippen LogP contribution is -2.23. The van der Waals surface area contributed by atoms with E-state index in [0.717, 1.165) is 42.3 Å². The summed E-state index contributed by atoms with van der Waals surface area (Å²) in [7, 11) is 0. The van der Waals surface area contributed by atoms with E-state index in [-0.39, 0.29) is 6.61 Å². The van der Waals surface area contributed by atoms with E-state index in [0.29, 0.717) is 5.92 Å². The van der Waals surface area contributed by atoms with Crippen LogP contribution >= 0.6 is 11.9 Å². The molecular formula is C23H28N2O2S. The number of benzene rings is 2. The van der Waals surface area contributed by atoms with Gasteiger partial charge in [-0.05, 0) is 61.9 Å². The molecule has 1 saturated heterocycles. The van der Waals surface area contributed by atoms with Crippen molar-refractivity contribution in [3.8, 4) is 5.75 Å². The first kappa shape index (κ1) is 20.5. The summed E-state index contributed by atoms with van der Waals surface area (Å²) >= 11 is 1.26. The molecule has 0 spiro atoms. The molecule has 0 amide bonds. The summed E-state index contributed by atoms with van der Waals surface area (Å²) in [6.07, 6.45) is 2.88. The first-order chi connectivity index (χ1) is 13.6. The molecule has 1 aliphatic rings. The molecule has 0 aliphatic carbocycles. The van der Waals surface area contributed by atoms with Crippen LogP contribution in [-0.2, 0) is 0 Å². The van der Waals surface area contributed by atoms with E-state index < -0.39 is 0 Å². The first-order valence-electron chi connectivity index (χ1n) is 9.61. The van der Waals surface area contributed by atoms with Crippen molar-refractivity contribution in [3.05, 3.63) is 65.2 Å². The fourth-order valence-corrected chi connectivity index (χ4v) is 4.30. The van der Waals surface area contributed by atoms with E-state index in [9.17, 15) is 0 Å². The van der Waals surface area contributed by atoms with Gasteiger partial charge in [0.15, 0.2) is 0 Å². The summed E-state index contributed by atoms with van der Waals surface area (Å²) < 4.78 is 9.89. The van der Waals surface area contributed by atoms with Gasteiger partial charge in [0.2, 0.25) is 0 Å². The molecule has 0 aromatic heterocycles. The van der Waals surface area contributed by atoms with Gasteiger partial charge >= 0.3 is 0 Å². The van der Waals surface area contributed by atoms with Gasteiger partial charge in [0.25, 0.3) is 0 Å². The van der Waals surface area contributed by atoms with Gasteiger partial charge in [-0.3, -0.25) is 0 Å². The zero-order chi connectivity index (χ0) is 19.9. The lowest BCUT2D eigenvalue weighted by molar-refractivity contribution is 0.261. The molecule has 0 bridgehead atoms. The minimum absolute atomic E-state index is 0.0192. The second kappa shape index (κ2) is 9.80.